The van der Waals surface area contributed by atoms with Crippen molar-refractivity contribution in [2.24, 2.45) is 0 Å². The third kappa shape index (κ3) is 5.33. The van der Waals surface area contributed by atoms with Gasteiger partial charge in [0, 0.05) is 11.3 Å². The highest BCUT2D eigenvalue weighted by molar-refractivity contribution is 6.10. The van der Waals surface area contributed by atoms with E-state index < -0.39 is 23.4 Å². The van der Waals surface area contributed by atoms with Crippen molar-refractivity contribution < 1.29 is 23.9 Å². The summed E-state index contributed by atoms with van der Waals surface area (Å²) in [5.41, 5.74) is 2.19. The summed E-state index contributed by atoms with van der Waals surface area (Å²) in [6.07, 6.45) is 1.06. The Morgan fingerprint density at radius 1 is 0.972 bits per heavy atom. The third-order valence-electron chi connectivity index (χ3n) is 6.29. The van der Waals surface area contributed by atoms with Crippen LogP contribution in [-0.2, 0) is 16.0 Å². The zero-order chi connectivity index (χ0) is 25.7. The van der Waals surface area contributed by atoms with Gasteiger partial charge in [0.1, 0.15) is 23.6 Å². The molecule has 8 heteroatoms. The molecule has 8 nitrogen and oxygen atoms in total. The van der Waals surface area contributed by atoms with Crippen molar-refractivity contribution in [1.82, 2.24) is 10.2 Å². The van der Waals surface area contributed by atoms with Crippen molar-refractivity contribution >= 4 is 23.5 Å². The second kappa shape index (κ2) is 10.5. The van der Waals surface area contributed by atoms with Gasteiger partial charge in [0.2, 0.25) is 5.91 Å². The average Bonchev–Trinajstić information content (AvgIpc) is 3.11. The van der Waals surface area contributed by atoms with Crippen LogP contribution in [0.25, 0.3) is 11.1 Å². The zero-order valence-electron chi connectivity index (χ0n) is 20.5. The molecule has 1 fully saturated rings. The summed E-state index contributed by atoms with van der Waals surface area (Å²) in [7, 11) is 3.18. The average molecular weight is 488 g/mol. The summed E-state index contributed by atoms with van der Waals surface area (Å²) in [5.74, 6) is 0.483. The van der Waals surface area contributed by atoms with Crippen molar-refractivity contribution in [3.8, 4) is 22.6 Å². The number of anilines is 1. The highest BCUT2D eigenvalue weighted by Gasteiger charge is 2.47. The summed E-state index contributed by atoms with van der Waals surface area (Å²) in [6, 6.07) is 21.9. The van der Waals surface area contributed by atoms with Gasteiger partial charge < -0.3 is 20.1 Å². The highest BCUT2D eigenvalue weighted by Crippen LogP contribution is 2.33. The van der Waals surface area contributed by atoms with E-state index in [-0.39, 0.29) is 6.54 Å². The van der Waals surface area contributed by atoms with Crippen LogP contribution in [0.4, 0.5) is 10.5 Å². The Bertz CT molecular complexity index is 1260. The fourth-order valence-electron chi connectivity index (χ4n) is 4.23. The Balaban J connectivity index is 1.43. The van der Waals surface area contributed by atoms with Crippen molar-refractivity contribution in [3.05, 3.63) is 78.4 Å². The number of nitrogens with zero attached hydrogens (tertiary/aromatic N) is 1. The lowest BCUT2D eigenvalue weighted by Gasteiger charge is -2.21. The lowest BCUT2D eigenvalue weighted by atomic mass is 9.93. The molecule has 0 aromatic heterocycles. The Hall–Kier alpha value is -4.33. The van der Waals surface area contributed by atoms with Gasteiger partial charge in [-0.05, 0) is 61.2 Å². The van der Waals surface area contributed by atoms with Crippen LogP contribution >= 0.6 is 0 Å². The van der Waals surface area contributed by atoms with Crippen LogP contribution in [0.15, 0.2) is 72.8 Å². The van der Waals surface area contributed by atoms with Gasteiger partial charge in [-0.15, -0.1) is 0 Å². The molecule has 36 heavy (non-hydrogen) atoms. The normalized spacial score (nSPS) is 17.0. The number of ether oxygens (including phenoxy) is 2. The van der Waals surface area contributed by atoms with Crippen LogP contribution in [0, 0.1) is 0 Å². The van der Waals surface area contributed by atoms with E-state index in [2.05, 4.69) is 10.6 Å². The fraction of sp³-hybridized carbons (Fsp3) is 0.250. The number of rotatable bonds is 9. The zero-order valence-corrected chi connectivity index (χ0v) is 20.5. The summed E-state index contributed by atoms with van der Waals surface area (Å²) in [5, 5.41) is 5.54. The van der Waals surface area contributed by atoms with E-state index in [1.165, 1.54) is 0 Å². The Labute approximate surface area is 210 Å². The smallest absolute Gasteiger partial charge is 0.325 e. The molecule has 1 aliphatic heterocycles. The van der Waals surface area contributed by atoms with Crippen molar-refractivity contribution in [2.45, 2.75) is 25.3 Å². The van der Waals surface area contributed by atoms with E-state index in [1.807, 2.05) is 54.6 Å². The molecule has 3 aromatic rings. The number of carbonyl (C=O) groups is 3. The van der Waals surface area contributed by atoms with Crippen molar-refractivity contribution in [2.75, 3.05) is 26.1 Å². The van der Waals surface area contributed by atoms with E-state index in [0.717, 1.165) is 27.3 Å². The maximum absolute atomic E-state index is 13.1. The minimum Gasteiger partial charge on any atom is -0.497 e. The van der Waals surface area contributed by atoms with Gasteiger partial charge in [0.05, 0.1) is 14.2 Å². The number of urea groups is 1. The summed E-state index contributed by atoms with van der Waals surface area (Å²) < 4.78 is 10.7. The quantitative estimate of drug-likeness (QED) is 0.440. The van der Waals surface area contributed by atoms with E-state index >= 15 is 0 Å². The van der Waals surface area contributed by atoms with Crippen LogP contribution in [0.2, 0.25) is 0 Å². The van der Waals surface area contributed by atoms with E-state index in [0.29, 0.717) is 24.3 Å². The number of hydrogen-bond donors (Lipinski definition) is 2. The predicted octanol–water partition coefficient (Wildman–Crippen LogP) is 4.25. The number of amides is 4. The minimum atomic E-state index is -1.06. The molecule has 186 valence electrons. The standard InChI is InChI=1S/C28H29N3O5/c1-28(16-15-19-7-5-4-6-8-19)26(33)31(27(34)30-28)18-25(32)29-21-11-14-24(36-3)23(17-21)20-9-12-22(35-2)13-10-20/h4-14,17H,15-16,18H2,1-3H3,(H,29,32)(H,30,34)/t28-/m0/s1. The molecule has 1 aliphatic rings. The molecule has 0 spiro atoms. The van der Waals surface area contributed by atoms with Crippen LogP contribution < -0.4 is 20.1 Å². The maximum Gasteiger partial charge on any atom is 0.325 e. The van der Waals surface area contributed by atoms with Gasteiger partial charge in [-0.2, -0.15) is 0 Å². The predicted molar refractivity (Wildman–Crippen MR) is 137 cm³/mol. The first-order valence-electron chi connectivity index (χ1n) is 11.6. The molecule has 0 radical (unpaired) electrons. The number of benzene rings is 3. The third-order valence-corrected chi connectivity index (χ3v) is 6.29. The van der Waals surface area contributed by atoms with Gasteiger partial charge in [-0.3, -0.25) is 14.5 Å². The van der Waals surface area contributed by atoms with Gasteiger partial charge in [0.25, 0.3) is 5.91 Å². The first-order chi connectivity index (χ1) is 17.3. The van der Waals surface area contributed by atoms with Crippen LogP contribution in [0.3, 0.4) is 0 Å². The van der Waals surface area contributed by atoms with Crippen LogP contribution in [0.1, 0.15) is 18.9 Å². The second-order valence-corrected chi connectivity index (χ2v) is 8.83. The summed E-state index contributed by atoms with van der Waals surface area (Å²) >= 11 is 0. The fourth-order valence-corrected chi connectivity index (χ4v) is 4.23. The number of carbonyl (C=O) groups excluding carboxylic acids is 3. The molecular formula is C28H29N3O5. The topological polar surface area (TPSA) is 97.0 Å². The van der Waals surface area contributed by atoms with Gasteiger partial charge >= 0.3 is 6.03 Å². The number of methoxy groups -OCH3 is 2. The molecule has 0 aliphatic carbocycles. The number of aryl methyl sites for hydroxylation is 1. The second-order valence-electron chi connectivity index (χ2n) is 8.83. The van der Waals surface area contributed by atoms with Crippen LogP contribution in [0.5, 0.6) is 11.5 Å². The molecule has 1 atom stereocenters. The molecule has 2 N–H and O–H groups in total. The Morgan fingerprint density at radius 3 is 2.36 bits per heavy atom. The maximum atomic E-state index is 13.1. The molecular weight excluding hydrogens is 458 g/mol. The number of imide groups is 1. The summed E-state index contributed by atoms with van der Waals surface area (Å²) in [4.78, 5) is 39.4. The molecule has 4 amide bonds. The minimum absolute atomic E-state index is 0.379. The van der Waals surface area contributed by atoms with Gasteiger partial charge in [-0.25, -0.2) is 4.79 Å². The summed E-state index contributed by atoms with van der Waals surface area (Å²) in [6.45, 7) is 1.31. The van der Waals surface area contributed by atoms with Crippen molar-refractivity contribution in [3.63, 3.8) is 0 Å². The molecule has 1 heterocycles. The van der Waals surface area contributed by atoms with Crippen LogP contribution in [-0.4, -0.2) is 49.0 Å². The SMILES string of the molecule is COc1ccc(-c2cc(NC(=O)CN3C(=O)N[C@@](C)(CCc4ccccc4)C3=O)ccc2OC)cc1. The molecule has 1 saturated heterocycles. The first kappa shape index (κ1) is 24.8. The molecule has 0 bridgehead atoms. The van der Waals surface area contributed by atoms with E-state index in [4.69, 9.17) is 9.47 Å². The monoisotopic (exact) mass is 487 g/mol. The molecule has 0 unspecified atom stereocenters. The lowest BCUT2D eigenvalue weighted by Crippen LogP contribution is -2.45. The highest BCUT2D eigenvalue weighted by atomic mass is 16.5. The van der Waals surface area contributed by atoms with Crippen molar-refractivity contribution in [1.29, 1.82) is 0 Å². The van der Waals surface area contributed by atoms with E-state index in [1.54, 1.807) is 39.3 Å². The van der Waals surface area contributed by atoms with Gasteiger partial charge in [0.15, 0.2) is 0 Å². The first-order valence-corrected chi connectivity index (χ1v) is 11.6. The van der Waals surface area contributed by atoms with Gasteiger partial charge in [-0.1, -0.05) is 42.5 Å². The number of hydrogen-bond acceptors (Lipinski definition) is 5. The molecule has 4 rings (SSSR count). The van der Waals surface area contributed by atoms with E-state index in [9.17, 15) is 14.4 Å². The lowest BCUT2D eigenvalue weighted by molar-refractivity contribution is -0.133. The number of nitrogens with one attached hydrogen (secondary N) is 2. The molecule has 0 saturated carbocycles. The molecule has 3 aromatic carbocycles. The Morgan fingerprint density at radius 2 is 1.69 bits per heavy atom. The largest absolute Gasteiger partial charge is 0.497 e. The Kier molecular flexibility index (Phi) is 7.24.